The maximum absolute atomic E-state index is 13.9. The molecule has 4 aromatic rings. The lowest BCUT2D eigenvalue weighted by Crippen LogP contribution is -2.38. The number of hydrogen-bond donors (Lipinski definition) is 1. The zero-order chi connectivity index (χ0) is 29.0. The second kappa shape index (κ2) is 12.6. The molecule has 8 nitrogen and oxygen atoms in total. The van der Waals surface area contributed by atoms with Crippen molar-refractivity contribution < 1.29 is 13.2 Å². The lowest BCUT2D eigenvalue weighted by Gasteiger charge is -2.31. The second-order valence-corrected chi connectivity index (χ2v) is 12.8. The minimum Gasteiger partial charge on any atom is -0.492 e. The summed E-state index contributed by atoms with van der Waals surface area (Å²) in [4.78, 5) is 20.8. The molecule has 0 amide bonds. The molecule has 1 N–H and O–H groups in total. The average Bonchev–Trinajstić information content (AvgIpc) is 3.29. The van der Waals surface area contributed by atoms with E-state index in [1.807, 2.05) is 30.7 Å². The van der Waals surface area contributed by atoms with Gasteiger partial charge in [-0.3, -0.25) is 4.79 Å². The quantitative estimate of drug-likeness (QED) is 0.239. The number of H-pyrrole nitrogens is 1. The van der Waals surface area contributed by atoms with E-state index in [1.165, 1.54) is 5.56 Å². The number of aryl methyl sites for hydroxylation is 3. The van der Waals surface area contributed by atoms with Gasteiger partial charge in [0.25, 0.3) is 5.56 Å². The fraction of sp³-hybridized carbons (Fsp3) is 0.438. The van der Waals surface area contributed by atoms with Crippen LogP contribution in [0.5, 0.6) is 5.75 Å². The number of nitrogens with zero attached hydrogens (tertiary/aromatic N) is 3. The molecule has 2 aromatic heterocycles. The molecule has 0 radical (unpaired) electrons. The first-order valence-electron chi connectivity index (χ1n) is 14.7. The molecule has 1 aliphatic heterocycles. The van der Waals surface area contributed by atoms with Gasteiger partial charge < -0.3 is 14.3 Å². The standard InChI is InChI=1S/C32H40N4O4S/c1-4-18-35-22-23(3)29-31(35)33-30(34-32(29)37)26-14-15-27(40-5-2)28(21-26)41(38,39)36-19-16-25(17-20-36)13-9-12-24-10-7-6-8-11-24/h6-8,10-11,14-15,21-22,25H,4-5,9,12-13,16-20H2,1-3H3,(H,33,34,37). The Hall–Kier alpha value is -3.43. The van der Waals surface area contributed by atoms with Gasteiger partial charge in [0, 0.05) is 31.4 Å². The molecule has 41 heavy (non-hydrogen) atoms. The molecular formula is C32H40N4O4S. The number of aromatic nitrogens is 3. The maximum Gasteiger partial charge on any atom is 0.260 e. The summed E-state index contributed by atoms with van der Waals surface area (Å²) in [7, 11) is -3.81. The highest BCUT2D eigenvalue weighted by molar-refractivity contribution is 7.89. The minimum atomic E-state index is -3.81. The lowest BCUT2D eigenvalue weighted by molar-refractivity contribution is 0.259. The van der Waals surface area contributed by atoms with Gasteiger partial charge in [-0.2, -0.15) is 4.31 Å². The Bertz CT molecular complexity index is 1650. The van der Waals surface area contributed by atoms with Crippen LogP contribution in [0.1, 0.15) is 57.1 Å². The number of aromatic amines is 1. The molecule has 9 heteroatoms. The van der Waals surface area contributed by atoms with Crippen molar-refractivity contribution >= 4 is 21.1 Å². The molecule has 0 spiro atoms. The molecule has 0 saturated carbocycles. The summed E-state index contributed by atoms with van der Waals surface area (Å²) >= 11 is 0. The SMILES string of the molecule is CCCn1cc(C)c2c(=O)[nH]c(-c3ccc(OCC)c(S(=O)(=O)N4CCC(CCCc5ccccc5)CC4)c3)nc21. The van der Waals surface area contributed by atoms with Crippen molar-refractivity contribution in [1.82, 2.24) is 18.8 Å². The van der Waals surface area contributed by atoms with E-state index in [0.717, 1.165) is 50.6 Å². The largest absolute Gasteiger partial charge is 0.492 e. The van der Waals surface area contributed by atoms with Crippen molar-refractivity contribution in [2.24, 2.45) is 5.92 Å². The average molecular weight is 577 g/mol. The zero-order valence-corrected chi connectivity index (χ0v) is 25.0. The molecule has 0 unspecified atom stereocenters. The third kappa shape index (κ3) is 6.26. The summed E-state index contributed by atoms with van der Waals surface area (Å²) in [6.45, 7) is 7.87. The van der Waals surface area contributed by atoms with Crippen LogP contribution >= 0.6 is 0 Å². The van der Waals surface area contributed by atoms with Crippen molar-refractivity contribution in [3.05, 3.63) is 76.2 Å². The van der Waals surface area contributed by atoms with Gasteiger partial charge in [0.05, 0.1) is 12.0 Å². The second-order valence-electron chi connectivity index (χ2n) is 10.9. The van der Waals surface area contributed by atoms with E-state index >= 15 is 0 Å². The highest BCUT2D eigenvalue weighted by Crippen LogP contribution is 2.34. The Balaban J connectivity index is 1.37. The van der Waals surface area contributed by atoms with Gasteiger partial charge in [-0.1, -0.05) is 43.7 Å². The summed E-state index contributed by atoms with van der Waals surface area (Å²) in [6, 6.07) is 15.5. The highest BCUT2D eigenvalue weighted by Gasteiger charge is 2.32. The van der Waals surface area contributed by atoms with Gasteiger partial charge >= 0.3 is 0 Å². The molecule has 1 fully saturated rings. The number of ether oxygens (including phenoxy) is 1. The fourth-order valence-corrected chi connectivity index (χ4v) is 7.51. The van der Waals surface area contributed by atoms with E-state index < -0.39 is 10.0 Å². The Morgan fingerprint density at radius 3 is 2.54 bits per heavy atom. The normalized spacial score (nSPS) is 15.0. The van der Waals surface area contributed by atoms with Crippen LogP contribution in [0.3, 0.4) is 0 Å². The first-order chi connectivity index (χ1) is 19.8. The topological polar surface area (TPSA) is 97.3 Å². The van der Waals surface area contributed by atoms with Gasteiger partial charge in [-0.15, -0.1) is 0 Å². The number of hydrogen-bond acceptors (Lipinski definition) is 5. The highest BCUT2D eigenvalue weighted by atomic mass is 32.2. The summed E-state index contributed by atoms with van der Waals surface area (Å²) in [6.07, 6.45) is 7.79. The molecule has 1 aliphatic rings. The summed E-state index contributed by atoms with van der Waals surface area (Å²) in [5.74, 6) is 1.18. The summed E-state index contributed by atoms with van der Waals surface area (Å²) in [5.41, 5.74) is 3.12. The molecule has 3 heterocycles. The first kappa shape index (κ1) is 29.1. The monoisotopic (exact) mass is 576 g/mol. The van der Waals surface area contributed by atoms with Gasteiger partial charge in [0.15, 0.2) is 0 Å². The Labute approximate surface area is 242 Å². The molecule has 1 saturated heterocycles. The van der Waals surface area contributed by atoms with E-state index in [-0.39, 0.29) is 10.5 Å². The molecule has 0 atom stereocenters. The summed E-state index contributed by atoms with van der Waals surface area (Å²) in [5, 5.41) is 0.563. The minimum absolute atomic E-state index is 0.113. The van der Waals surface area contributed by atoms with Crippen molar-refractivity contribution in [1.29, 1.82) is 0 Å². The van der Waals surface area contributed by atoms with Gasteiger partial charge in [0.1, 0.15) is 22.1 Å². The van der Waals surface area contributed by atoms with Crippen LogP contribution in [0, 0.1) is 12.8 Å². The smallest absolute Gasteiger partial charge is 0.260 e. The first-order valence-corrected chi connectivity index (χ1v) is 16.2. The lowest BCUT2D eigenvalue weighted by atomic mass is 9.91. The van der Waals surface area contributed by atoms with Crippen LogP contribution in [0.4, 0.5) is 0 Å². The van der Waals surface area contributed by atoms with Crippen molar-refractivity contribution in [2.45, 2.75) is 70.7 Å². The third-order valence-corrected chi connectivity index (χ3v) is 9.93. The third-order valence-electron chi connectivity index (χ3n) is 8.01. The van der Waals surface area contributed by atoms with E-state index in [2.05, 4.69) is 36.2 Å². The molecule has 218 valence electrons. The van der Waals surface area contributed by atoms with Crippen LogP contribution < -0.4 is 10.3 Å². The maximum atomic E-state index is 13.9. The van der Waals surface area contributed by atoms with Crippen molar-refractivity contribution in [2.75, 3.05) is 19.7 Å². The van der Waals surface area contributed by atoms with Crippen molar-refractivity contribution in [3.63, 3.8) is 0 Å². The predicted octanol–water partition coefficient (Wildman–Crippen LogP) is 5.93. The molecule has 0 bridgehead atoms. The van der Waals surface area contributed by atoms with Gasteiger partial charge in [-0.05, 0) is 81.2 Å². The van der Waals surface area contributed by atoms with Crippen LogP contribution in [-0.4, -0.2) is 47.0 Å². The fourth-order valence-electron chi connectivity index (χ4n) is 5.88. The van der Waals surface area contributed by atoms with E-state index in [4.69, 9.17) is 9.72 Å². The number of sulfonamides is 1. The van der Waals surface area contributed by atoms with Crippen LogP contribution in [0.2, 0.25) is 0 Å². The van der Waals surface area contributed by atoms with E-state index in [9.17, 15) is 13.2 Å². The number of nitrogens with one attached hydrogen (secondary N) is 1. The Morgan fingerprint density at radius 2 is 1.83 bits per heavy atom. The molecule has 2 aromatic carbocycles. The van der Waals surface area contributed by atoms with E-state index in [0.29, 0.717) is 53.8 Å². The van der Waals surface area contributed by atoms with Gasteiger partial charge in [0.2, 0.25) is 10.0 Å². The van der Waals surface area contributed by atoms with Gasteiger partial charge in [-0.25, -0.2) is 13.4 Å². The number of piperidine rings is 1. The van der Waals surface area contributed by atoms with Crippen LogP contribution in [-0.2, 0) is 23.0 Å². The Morgan fingerprint density at radius 1 is 1.07 bits per heavy atom. The molecule has 0 aliphatic carbocycles. The van der Waals surface area contributed by atoms with Crippen LogP contribution in [0.25, 0.3) is 22.4 Å². The number of rotatable bonds is 11. The Kier molecular flexibility index (Phi) is 8.94. The predicted molar refractivity (Wildman–Crippen MR) is 163 cm³/mol. The summed E-state index contributed by atoms with van der Waals surface area (Å²) < 4.78 is 37.2. The number of fused-ring (bicyclic) bond motifs is 1. The molecular weight excluding hydrogens is 536 g/mol. The number of benzene rings is 2. The van der Waals surface area contributed by atoms with E-state index in [1.54, 1.807) is 22.5 Å². The zero-order valence-electron chi connectivity index (χ0n) is 24.2. The van der Waals surface area contributed by atoms with Crippen LogP contribution in [0.15, 0.2) is 64.4 Å². The van der Waals surface area contributed by atoms with Crippen molar-refractivity contribution in [3.8, 4) is 17.1 Å². The molecule has 5 rings (SSSR count).